The number of nitrogens with two attached hydrogens (primary N) is 1. The zero-order valence-corrected chi connectivity index (χ0v) is 13.3. The second-order valence-electron chi connectivity index (χ2n) is 5.85. The van der Waals surface area contributed by atoms with Crippen LogP contribution in [0.3, 0.4) is 0 Å². The van der Waals surface area contributed by atoms with E-state index in [0.717, 1.165) is 5.56 Å². The smallest absolute Gasteiger partial charge is 0.317 e. The van der Waals surface area contributed by atoms with Gasteiger partial charge in [0.05, 0.1) is 6.04 Å². The fourth-order valence-electron chi connectivity index (χ4n) is 3.02. The van der Waals surface area contributed by atoms with Crippen LogP contribution < -0.4 is 11.1 Å². The van der Waals surface area contributed by atoms with E-state index >= 15 is 0 Å². The van der Waals surface area contributed by atoms with Crippen molar-refractivity contribution in [2.24, 2.45) is 5.73 Å². The van der Waals surface area contributed by atoms with Crippen LogP contribution in [0.1, 0.15) is 12.5 Å². The molecule has 2 aliphatic rings. The molecule has 2 fully saturated rings. The Morgan fingerprint density at radius 2 is 2.00 bits per heavy atom. The van der Waals surface area contributed by atoms with Crippen LogP contribution in [0.4, 0.5) is 4.79 Å². The molecule has 1 aromatic rings. The van der Waals surface area contributed by atoms with Crippen LogP contribution >= 0.6 is 12.4 Å². The summed E-state index contributed by atoms with van der Waals surface area (Å²) in [6, 6.07) is 9.42. The fraction of sp³-hybridized carbons (Fsp3) is 0.467. The van der Waals surface area contributed by atoms with E-state index in [1.54, 1.807) is 16.7 Å². The third-order valence-corrected chi connectivity index (χ3v) is 4.34. The van der Waals surface area contributed by atoms with Crippen LogP contribution in [-0.4, -0.2) is 54.0 Å². The van der Waals surface area contributed by atoms with Crippen molar-refractivity contribution in [3.8, 4) is 0 Å². The highest BCUT2D eigenvalue weighted by Gasteiger charge is 2.41. The third kappa shape index (κ3) is 2.76. The number of urea groups is 1. The fourth-order valence-corrected chi connectivity index (χ4v) is 3.02. The maximum absolute atomic E-state index is 12.8. The van der Waals surface area contributed by atoms with Crippen LogP contribution in [-0.2, 0) is 10.3 Å². The Hall–Kier alpha value is -1.79. The van der Waals surface area contributed by atoms with Gasteiger partial charge in [-0.05, 0) is 12.5 Å². The molecule has 7 heteroatoms. The molecule has 2 heterocycles. The highest BCUT2D eigenvalue weighted by Crippen LogP contribution is 2.23. The average Bonchev–Trinajstić information content (AvgIpc) is 2.88. The van der Waals surface area contributed by atoms with E-state index in [2.05, 4.69) is 5.32 Å². The molecule has 2 saturated heterocycles. The van der Waals surface area contributed by atoms with Crippen molar-refractivity contribution in [3.05, 3.63) is 35.9 Å². The van der Waals surface area contributed by atoms with Crippen LogP contribution in [0.5, 0.6) is 0 Å². The number of nitrogens with one attached hydrogen (secondary N) is 1. The van der Waals surface area contributed by atoms with E-state index in [0.29, 0.717) is 26.2 Å². The predicted octanol–water partition coefficient (Wildman–Crippen LogP) is 0.518. The summed E-state index contributed by atoms with van der Waals surface area (Å²) in [6.07, 6.45) is 0. The first-order valence-electron chi connectivity index (χ1n) is 7.18. The van der Waals surface area contributed by atoms with Crippen molar-refractivity contribution in [3.63, 3.8) is 0 Å². The van der Waals surface area contributed by atoms with Crippen LogP contribution in [0, 0.1) is 0 Å². The Bertz CT molecular complexity index is 564. The van der Waals surface area contributed by atoms with Gasteiger partial charge in [0.1, 0.15) is 5.54 Å². The number of amides is 3. The molecule has 0 saturated carbocycles. The van der Waals surface area contributed by atoms with E-state index in [4.69, 9.17) is 5.73 Å². The first-order chi connectivity index (χ1) is 10.00. The summed E-state index contributed by atoms with van der Waals surface area (Å²) < 4.78 is 0. The topological polar surface area (TPSA) is 78.7 Å². The molecule has 3 amide bonds. The predicted molar refractivity (Wildman–Crippen MR) is 85.7 cm³/mol. The van der Waals surface area contributed by atoms with Gasteiger partial charge >= 0.3 is 6.03 Å². The summed E-state index contributed by atoms with van der Waals surface area (Å²) in [7, 11) is 0. The summed E-state index contributed by atoms with van der Waals surface area (Å²) in [5.41, 5.74) is 6.05. The summed E-state index contributed by atoms with van der Waals surface area (Å²) in [6.45, 7) is 3.97. The number of halogens is 1. The lowest BCUT2D eigenvalue weighted by Crippen LogP contribution is -2.59. The molecule has 0 spiro atoms. The number of carbonyl (C=O) groups is 2. The number of hydrogen-bond donors (Lipinski definition) is 2. The summed E-state index contributed by atoms with van der Waals surface area (Å²) in [5, 5.41) is 2.81. The van der Waals surface area contributed by atoms with Crippen molar-refractivity contribution in [1.82, 2.24) is 15.1 Å². The zero-order valence-electron chi connectivity index (χ0n) is 12.5. The molecule has 2 atom stereocenters. The Morgan fingerprint density at radius 3 is 2.68 bits per heavy atom. The minimum absolute atomic E-state index is 0. The molecule has 0 bridgehead atoms. The molecule has 0 aromatic heterocycles. The van der Waals surface area contributed by atoms with Crippen molar-refractivity contribution < 1.29 is 9.59 Å². The maximum Gasteiger partial charge on any atom is 0.317 e. The van der Waals surface area contributed by atoms with Crippen LogP contribution in [0.2, 0.25) is 0 Å². The molecule has 6 nitrogen and oxygen atoms in total. The molecular formula is C15H21ClN4O2. The van der Waals surface area contributed by atoms with Gasteiger partial charge in [0.2, 0.25) is 5.91 Å². The first-order valence-corrected chi connectivity index (χ1v) is 7.18. The second-order valence-corrected chi connectivity index (χ2v) is 5.85. The Balaban J connectivity index is 0.00000176. The van der Waals surface area contributed by atoms with Crippen LogP contribution in [0.15, 0.2) is 30.3 Å². The van der Waals surface area contributed by atoms with Crippen LogP contribution in [0.25, 0.3) is 0 Å². The lowest BCUT2D eigenvalue weighted by molar-refractivity contribution is -0.139. The number of rotatable bonds is 2. The summed E-state index contributed by atoms with van der Waals surface area (Å²) in [5.74, 6) is -0.0901. The molecule has 2 aliphatic heterocycles. The van der Waals surface area contributed by atoms with Crippen molar-refractivity contribution in [2.45, 2.75) is 18.5 Å². The van der Waals surface area contributed by atoms with E-state index in [1.807, 2.05) is 30.3 Å². The van der Waals surface area contributed by atoms with Gasteiger partial charge in [0, 0.05) is 26.2 Å². The molecule has 22 heavy (non-hydrogen) atoms. The lowest BCUT2D eigenvalue weighted by Gasteiger charge is -2.40. The molecule has 2 unspecified atom stereocenters. The standard InChI is InChI=1S/C15H20N4O2.ClH/c1-15(16,11-5-3-2-4-6-11)13(20)18-7-8-19-12(10-18)9-17-14(19)21;/h2-6,12H,7-10,16H2,1H3,(H,17,21);1H. The van der Waals surface area contributed by atoms with Crippen molar-refractivity contribution >= 4 is 24.3 Å². The van der Waals surface area contributed by atoms with E-state index in [9.17, 15) is 9.59 Å². The van der Waals surface area contributed by atoms with E-state index in [-0.39, 0.29) is 30.4 Å². The van der Waals surface area contributed by atoms with Gasteiger partial charge in [-0.1, -0.05) is 30.3 Å². The minimum Gasteiger partial charge on any atom is -0.337 e. The SMILES string of the molecule is CC(N)(C(=O)N1CCN2C(=O)NCC2C1)c1ccccc1.Cl. The largest absolute Gasteiger partial charge is 0.337 e. The zero-order chi connectivity index (χ0) is 15.0. The average molecular weight is 325 g/mol. The van der Waals surface area contributed by atoms with Gasteiger partial charge in [-0.3, -0.25) is 4.79 Å². The highest BCUT2D eigenvalue weighted by atomic mass is 35.5. The van der Waals surface area contributed by atoms with E-state index < -0.39 is 5.54 Å². The summed E-state index contributed by atoms with van der Waals surface area (Å²) in [4.78, 5) is 27.9. The number of piperazine rings is 1. The molecule has 3 N–H and O–H groups in total. The highest BCUT2D eigenvalue weighted by molar-refractivity contribution is 5.87. The molecule has 0 radical (unpaired) electrons. The second kappa shape index (κ2) is 6.14. The molecule has 0 aliphatic carbocycles. The van der Waals surface area contributed by atoms with Crippen molar-refractivity contribution in [1.29, 1.82) is 0 Å². The number of benzene rings is 1. The number of hydrogen-bond acceptors (Lipinski definition) is 3. The van der Waals surface area contributed by atoms with Gasteiger partial charge < -0.3 is 20.9 Å². The Kier molecular flexibility index (Phi) is 4.63. The number of fused-ring (bicyclic) bond motifs is 1. The third-order valence-electron chi connectivity index (χ3n) is 4.34. The molecular weight excluding hydrogens is 304 g/mol. The Morgan fingerprint density at radius 1 is 1.32 bits per heavy atom. The van der Waals surface area contributed by atoms with Gasteiger partial charge in [-0.2, -0.15) is 0 Å². The van der Waals surface area contributed by atoms with Gasteiger partial charge in [-0.15, -0.1) is 12.4 Å². The molecule has 3 rings (SSSR count). The first kappa shape index (κ1) is 16.6. The minimum atomic E-state index is -1.04. The lowest BCUT2D eigenvalue weighted by atomic mass is 9.91. The van der Waals surface area contributed by atoms with E-state index in [1.165, 1.54) is 0 Å². The number of nitrogens with zero attached hydrogens (tertiary/aromatic N) is 2. The van der Waals surface area contributed by atoms with Crippen molar-refractivity contribution in [2.75, 3.05) is 26.2 Å². The monoisotopic (exact) mass is 324 g/mol. The Labute approximate surface area is 136 Å². The normalized spacial score (nSPS) is 23.2. The molecule has 1 aromatic carbocycles. The maximum atomic E-state index is 12.8. The molecule has 120 valence electrons. The summed E-state index contributed by atoms with van der Waals surface area (Å²) >= 11 is 0. The van der Waals surface area contributed by atoms with Gasteiger partial charge in [-0.25, -0.2) is 4.79 Å². The van der Waals surface area contributed by atoms with Gasteiger partial charge in [0.15, 0.2) is 0 Å². The number of carbonyl (C=O) groups excluding carboxylic acids is 2. The quantitative estimate of drug-likeness (QED) is 0.832. The van der Waals surface area contributed by atoms with Gasteiger partial charge in [0.25, 0.3) is 0 Å².